The van der Waals surface area contributed by atoms with Crippen molar-refractivity contribution in [2.24, 2.45) is 0 Å². The summed E-state index contributed by atoms with van der Waals surface area (Å²) in [5, 5.41) is 32.2. The van der Waals surface area contributed by atoms with E-state index in [2.05, 4.69) is 12.1 Å². The Bertz CT molecular complexity index is 1210. The highest BCUT2D eigenvalue weighted by molar-refractivity contribution is 5.88. The molecular formula is C33H42O3. The lowest BCUT2D eigenvalue weighted by molar-refractivity contribution is 0.414. The highest BCUT2D eigenvalue weighted by Crippen LogP contribution is 2.46. The van der Waals surface area contributed by atoms with E-state index in [9.17, 15) is 15.3 Å². The van der Waals surface area contributed by atoms with E-state index in [0.717, 1.165) is 70.2 Å². The molecule has 2 saturated carbocycles. The van der Waals surface area contributed by atoms with Gasteiger partial charge in [-0.3, -0.25) is 0 Å². The molecule has 0 spiro atoms. The van der Waals surface area contributed by atoms with Gasteiger partial charge in [0.15, 0.2) is 0 Å². The second kappa shape index (κ2) is 11.0. The highest BCUT2D eigenvalue weighted by atomic mass is 16.3. The van der Waals surface area contributed by atoms with E-state index in [1.54, 1.807) is 6.07 Å². The van der Waals surface area contributed by atoms with Gasteiger partial charge in [0.1, 0.15) is 17.2 Å². The van der Waals surface area contributed by atoms with Crippen molar-refractivity contribution < 1.29 is 15.3 Å². The minimum absolute atomic E-state index is 0. The summed E-state index contributed by atoms with van der Waals surface area (Å²) in [6.45, 7) is 4.08. The minimum Gasteiger partial charge on any atom is -0.508 e. The molecule has 2 aliphatic carbocycles. The average Bonchev–Trinajstić information content (AvgIpc) is 2.86. The second-order valence-corrected chi connectivity index (χ2v) is 10.9. The maximum Gasteiger partial charge on any atom is 0.119 e. The number of aromatic hydroxyl groups is 3. The van der Waals surface area contributed by atoms with Gasteiger partial charge in [-0.25, -0.2) is 0 Å². The van der Waals surface area contributed by atoms with Crippen molar-refractivity contribution in [3.8, 4) is 39.5 Å². The highest BCUT2D eigenvalue weighted by Gasteiger charge is 2.24. The Labute approximate surface area is 216 Å². The summed E-state index contributed by atoms with van der Waals surface area (Å²) in [7, 11) is 0. The fourth-order valence-corrected chi connectivity index (χ4v) is 6.47. The maximum atomic E-state index is 10.8. The quantitative estimate of drug-likeness (QED) is 0.344. The number of hydrogen-bond acceptors (Lipinski definition) is 3. The molecule has 3 nitrogen and oxygen atoms in total. The molecule has 0 saturated heterocycles. The zero-order chi connectivity index (χ0) is 24.5. The van der Waals surface area contributed by atoms with Gasteiger partial charge in [-0.15, -0.1) is 0 Å². The van der Waals surface area contributed by atoms with Gasteiger partial charge in [0, 0.05) is 0 Å². The van der Waals surface area contributed by atoms with Crippen LogP contribution < -0.4 is 0 Å². The van der Waals surface area contributed by atoms with Crippen molar-refractivity contribution in [1.82, 2.24) is 0 Å². The first-order valence-electron chi connectivity index (χ1n) is 13.4. The van der Waals surface area contributed by atoms with Gasteiger partial charge in [0.25, 0.3) is 0 Å². The van der Waals surface area contributed by atoms with Crippen LogP contribution in [0.5, 0.6) is 17.2 Å². The van der Waals surface area contributed by atoms with E-state index in [1.165, 1.54) is 38.5 Å². The molecule has 3 aromatic rings. The molecule has 0 aromatic heterocycles. The Morgan fingerprint density at radius 1 is 0.528 bits per heavy atom. The average molecular weight is 487 g/mol. The minimum atomic E-state index is 0. The molecule has 0 aliphatic heterocycles. The first-order valence-corrected chi connectivity index (χ1v) is 13.4. The van der Waals surface area contributed by atoms with Crippen LogP contribution in [0.4, 0.5) is 0 Å². The molecule has 5 rings (SSSR count). The van der Waals surface area contributed by atoms with Crippen LogP contribution in [-0.4, -0.2) is 15.3 Å². The number of phenolic OH excluding ortho intramolecular Hbond substituents is 3. The molecule has 0 heterocycles. The van der Waals surface area contributed by atoms with E-state index >= 15 is 0 Å². The van der Waals surface area contributed by atoms with Crippen LogP contribution >= 0.6 is 0 Å². The number of benzene rings is 3. The normalized spacial score (nSPS) is 17.1. The number of rotatable bonds is 4. The van der Waals surface area contributed by atoms with Gasteiger partial charge < -0.3 is 15.3 Å². The van der Waals surface area contributed by atoms with E-state index < -0.39 is 0 Å². The first kappa shape index (κ1) is 26.1. The Balaban J connectivity index is 0.00000304. The summed E-state index contributed by atoms with van der Waals surface area (Å²) in [4.78, 5) is 0. The molecule has 0 unspecified atom stereocenters. The SMILES string of the molecule is C.Cc1cc(O)c(C2CCCCC2)cc1-c1ccc(O)cc1-c1cc(C2CCCCC2)c(O)cc1C. The monoisotopic (exact) mass is 486 g/mol. The Kier molecular flexibility index (Phi) is 7.97. The third kappa shape index (κ3) is 5.12. The van der Waals surface area contributed by atoms with E-state index in [-0.39, 0.29) is 13.2 Å². The van der Waals surface area contributed by atoms with Gasteiger partial charge in [0.05, 0.1) is 0 Å². The summed E-state index contributed by atoms with van der Waals surface area (Å²) in [6, 6.07) is 13.8. The van der Waals surface area contributed by atoms with Crippen molar-refractivity contribution in [1.29, 1.82) is 0 Å². The lowest BCUT2D eigenvalue weighted by Gasteiger charge is -2.25. The lowest BCUT2D eigenvalue weighted by atomic mass is 9.80. The fourth-order valence-electron chi connectivity index (χ4n) is 6.47. The third-order valence-corrected chi connectivity index (χ3v) is 8.42. The van der Waals surface area contributed by atoms with E-state index in [0.29, 0.717) is 23.3 Å². The number of hydrogen-bond donors (Lipinski definition) is 3. The van der Waals surface area contributed by atoms with Crippen LogP contribution in [0, 0.1) is 13.8 Å². The fraction of sp³-hybridized carbons (Fsp3) is 0.455. The van der Waals surface area contributed by atoms with Gasteiger partial charge >= 0.3 is 0 Å². The first-order chi connectivity index (χ1) is 16.9. The van der Waals surface area contributed by atoms with Crippen molar-refractivity contribution in [2.45, 2.75) is 97.3 Å². The summed E-state index contributed by atoms with van der Waals surface area (Å²) in [6.07, 6.45) is 11.9. The smallest absolute Gasteiger partial charge is 0.119 e. The molecule has 192 valence electrons. The number of phenols is 3. The Morgan fingerprint density at radius 3 is 1.44 bits per heavy atom. The molecular weight excluding hydrogens is 444 g/mol. The molecule has 3 heteroatoms. The molecule has 3 N–H and O–H groups in total. The summed E-state index contributed by atoms with van der Waals surface area (Å²) in [5.41, 5.74) is 8.30. The van der Waals surface area contributed by atoms with Crippen LogP contribution in [0.1, 0.15) is 106 Å². The van der Waals surface area contributed by atoms with Crippen molar-refractivity contribution >= 4 is 0 Å². The van der Waals surface area contributed by atoms with Crippen LogP contribution in [0.25, 0.3) is 22.3 Å². The zero-order valence-electron chi connectivity index (χ0n) is 21.1. The van der Waals surface area contributed by atoms with Crippen LogP contribution in [0.15, 0.2) is 42.5 Å². The Morgan fingerprint density at radius 2 is 0.972 bits per heavy atom. The predicted octanol–water partition coefficient (Wildman–Crippen LogP) is 9.49. The number of aryl methyl sites for hydroxylation is 2. The predicted molar refractivity (Wildman–Crippen MR) is 150 cm³/mol. The molecule has 3 aromatic carbocycles. The summed E-state index contributed by atoms with van der Waals surface area (Å²) in [5.74, 6) is 1.81. The van der Waals surface area contributed by atoms with Gasteiger partial charge in [-0.2, -0.15) is 0 Å². The molecule has 2 fully saturated rings. The van der Waals surface area contributed by atoms with Crippen LogP contribution in [0.2, 0.25) is 0 Å². The largest absolute Gasteiger partial charge is 0.508 e. The molecule has 2 aliphatic rings. The summed E-state index contributed by atoms with van der Waals surface area (Å²) < 4.78 is 0. The van der Waals surface area contributed by atoms with Crippen LogP contribution in [0.3, 0.4) is 0 Å². The molecule has 0 atom stereocenters. The molecule has 0 radical (unpaired) electrons. The van der Waals surface area contributed by atoms with Gasteiger partial charge in [-0.1, -0.05) is 52.0 Å². The van der Waals surface area contributed by atoms with Gasteiger partial charge in [0.2, 0.25) is 0 Å². The Hall–Kier alpha value is -2.94. The molecule has 36 heavy (non-hydrogen) atoms. The second-order valence-electron chi connectivity index (χ2n) is 10.9. The van der Waals surface area contributed by atoms with Gasteiger partial charge in [-0.05, 0) is 132 Å². The summed E-state index contributed by atoms with van der Waals surface area (Å²) >= 11 is 0. The lowest BCUT2D eigenvalue weighted by Crippen LogP contribution is -2.06. The van der Waals surface area contributed by atoms with E-state index in [1.807, 2.05) is 38.1 Å². The topological polar surface area (TPSA) is 60.7 Å². The standard InChI is InChI=1S/C32H38O3.CH4/c1-20-15-31(34)28(22-9-5-3-6-10-22)18-26(20)25-14-13-24(33)17-30(25)27-19-29(32(35)16-21(27)2)23-11-7-4-8-12-23;/h13-19,22-23,33-35H,3-12H2,1-2H3;1H4. The maximum absolute atomic E-state index is 10.8. The van der Waals surface area contributed by atoms with Crippen LogP contribution in [-0.2, 0) is 0 Å². The van der Waals surface area contributed by atoms with E-state index in [4.69, 9.17) is 0 Å². The molecule has 0 amide bonds. The zero-order valence-corrected chi connectivity index (χ0v) is 21.1. The van der Waals surface area contributed by atoms with Crippen molar-refractivity contribution in [2.75, 3.05) is 0 Å². The van der Waals surface area contributed by atoms with Crippen molar-refractivity contribution in [3.05, 3.63) is 64.7 Å². The van der Waals surface area contributed by atoms with Crippen molar-refractivity contribution in [3.63, 3.8) is 0 Å². The molecule has 0 bridgehead atoms. The third-order valence-electron chi connectivity index (χ3n) is 8.42.